The summed E-state index contributed by atoms with van der Waals surface area (Å²) in [5.41, 5.74) is 1.23. The Morgan fingerprint density at radius 1 is 1.36 bits per heavy atom. The molecular weight excluding hydrogens is 276 g/mol. The Morgan fingerprint density at radius 2 is 2.14 bits per heavy atom. The number of aromatic amines is 1. The van der Waals surface area contributed by atoms with Gasteiger partial charge in [0.15, 0.2) is 0 Å². The number of benzene rings is 1. The molecular formula is C17H20N4O. The van der Waals surface area contributed by atoms with Crippen molar-refractivity contribution in [3.63, 3.8) is 0 Å². The summed E-state index contributed by atoms with van der Waals surface area (Å²) < 4.78 is 0. The summed E-state index contributed by atoms with van der Waals surface area (Å²) in [7, 11) is 0. The van der Waals surface area contributed by atoms with Crippen molar-refractivity contribution in [3.8, 4) is 6.07 Å². The highest BCUT2D eigenvalue weighted by molar-refractivity contribution is 5.85. The highest BCUT2D eigenvalue weighted by Crippen LogP contribution is 2.37. The first-order valence-electron chi connectivity index (χ1n) is 7.87. The minimum atomic E-state index is -0.778. The van der Waals surface area contributed by atoms with Gasteiger partial charge < -0.3 is 10.3 Å². The van der Waals surface area contributed by atoms with E-state index in [2.05, 4.69) is 21.4 Å². The van der Waals surface area contributed by atoms with E-state index in [0.29, 0.717) is 19.4 Å². The van der Waals surface area contributed by atoms with E-state index in [-0.39, 0.29) is 5.91 Å². The van der Waals surface area contributed by atoms with E-state index in [0.717, 1.165) is 42.5 Å². The Bertz CT molecular complexity index is 674. The van der Waals surface area contributed by atoms with Gasteiger partial charge in [0.1, 0.15) is 11.2 Å². The zero-order chi connectivity index (χ0) is 15.4. The van der Waals surface area contributed by atoms with E-state index in [9.17, 15) is 10.1 Å². The second-order valence-corrected chi connectivity index (χ2v) is 5.96. The number of fused-ring (bicyclic) bond motifs is 1. The van der Waals surface area contributed by atoms with Crippen molar-refractivity contribution in [1.29, 1.82) is 5.26 Å². The SMILES string of the molecule is N#CC1(C(=O)NCCCc2nc3ccccc3[nH]2)CCCC1. The number of nitrogens with zero attached hydrogens (tertiary/aromatic N) is 2. The number of amides is 1. The van der Waals surface area contributed by atoms with Gasteiger partial charge in [-0.15, -0.1) is 0 Å². The molecule has 1 saturated carbocycles. The third-order valence-electron chi connectivity index (χ3n) is 4.42. The van der Waals surface area contributed by atoms with Gasteiger partial charge in [-0.3, -0.25) is 4.79 Å². The van der Waals surface area contributed by atoms with E-state index in [4.69, 9.17) is 0 Å². The molecule has 2 aromatic rings. The molecule has 1 fully saturated rings. The molecule has 0 radical (unpaired) electrons. The maximum absolute atomic E-state index is 12.2. The number of nitrogens with one attached hydrogen (secondary N) is 2. The Hall–Kier alpha value is -2.35. The van der Waals surface area contributed by atoms with Crippen molar-refractivity contribution in [3.05, 3.63) is 30.1 Å². The van der Waals surface area contributed by atoms with Crippen LogP contribution in [0, 0.1) is 16.7 Å². The lowest BCUT2D eigenvalue weighted by Crippen LogP contribution is -2.38. The normalized spacial score (nSPS) is 16.5. The van der Waals surface area contributed by atoms with Crippen LogP contribution in [0.15, 0.2) is 24.3 Å². The van der Waals surface area contributed by atoms with Gasteiger partial charge in [-0.2, -0.15) is 5.26 Å². The van der Waals surface area contributed by atoms with Crippen LogP contribution in [0.4, 0.5) is 0 Å². The Kier molecular flexibility index (Phi) is 4.10. The van der Waals surface area contributed by atoms with Gasteiger partial charge in [0.25, 0.3) is 0 Å². The van der Waals surface area contributed by atoms with Crippen LogP contribution in [0.1, 0.15) is 37.9 Å². The lowest BCUT2D eigenvalue weighted by atomic mass is 9.87. The number of hydrogen-bond acceptors (Lipinski definition) is 3. The van der Waals surface area contributed by atoms with Gasteiger partial charge in [0.2, 0.25) is 5.91 Å². The zero-order valence-electron chi connectivity index (χ0n) is 12.6. The molecule has 1 aliphatic carbocycles. The van der Waals surface area contributed by atoms with Gasteiger partial charge >= 0.3 is 0 Å². The van der Waals surface area contributed by atoms with Crippen molar-refractivity contribution >= 4 is 16.9 Å². The second-order valence-electron chi connectivity index (χ2n) is 5.96. The Morgan fingerprint density at radius 3 is 2.86 bits per heavy atom. The number of aryl methyl sites for hydroxylation is 1. The molecule has 22 heavy (non-hydrogen) atoms. The lowest BCUT2D eigenvalue weighted by molar-refractivity contribution is -0.127. The molecule has 5 heteroatoms. The van der Waals surface area contributed by atoms with Crippen LogP contribution in [-0.2, 0) is 11.2 Å². The number of rotatable bonds is 5. The summed E-state index contributed by atoms with van der Waals surface area (Å²) >= 11 is 0. The molecule has 0 atom stereocenters. The molecule has 0 unspecified atom stereocenters. The summed E-state index contributed by atoms with van der Waals surface area (Å²) in [6.07, 6.45) is 4.93. The highest BCUT2D eigenvalue weighted by atomic mass is 16.2. The summed E-state index contributed by atoms with van der Waals surface area (Å²) in [6, 6.07) is 10.2. The van der Waals surface area contributed by atoms with Crippen LogP contribution in [0.25, 0.3) is 11.0 Å². The minimum Gasteiger partial charge on any atom is -0.355 e. The number of aromatic nitrogens is 2. The van der Waals surface area contributed by atoms with Crippen molar-refractivity contribution < 1.29 is 4.79 Å². The quantitative estimate of drug-likeness (QED) is 0.832. The van der Waals surface area contributed by atoms with Crippen LogP contribution in [0.2, 0.25) is 0 Å². The number of para-hydroxylation sites is 2. The van der Waals surface area contributed by atoms with E-state index in [1.54, 1.807) is 0 Å². The fourth-order valence-corrected chi connectivity index (χ4v) is 3.12. The third kappa shape index (κ3) is 2.82. The van der Waals surface area contributed by atoms with Crippen molar-refractivity contribution in [2.75, 3.05) is 6.54 Å². The first kappa shape index (κ1) is 14.6. The van der Waals surface area contributed by atoms with Gasteiger partial charge in [-0.25, -0.2) is 4.98 Å². The number of nitriles is 1. The van der Waals surface area contributed by atoms with Crippen LogP contribution in [-0.4, -0.2) is 22.4 Å². The summed E-state index contributed by atoms with van der Waals surface area (Å²) in [5, 5.41) is 12.2. The van der Waals surface area contributed by atoms with E-state index in [1.165, 1.54) is 0 Å². The van der Waals surface area contributed by atoms with Crippen molar-refractivity contribution in [2.24, 2.45) is 5.41 Å². The van der Waals surface area contributed by atoms with Crippen molar-refractivity contribution in [1.82, 2.24) is 15.3 Å². The first-order chi connectivity index (χ1) is 10.7. The Labute approximate surface area is 129 Å². The predicted octanol–water partition coefficient (Wildman–Crippen LogP) is 2.70. The molecule has 1 heterocycles. The van der Waals surface area contributed by atoms with Crippen LogP contribution in [0.3, 0.4) is 0 Å². The van der Waals surface area contributed by atoms with Gasteiger partial charge in [0, 0.05) is 13.0 Å². The molecule has 0 bridgehead atoms. The highest BCUT2D eigenvalue weighted by Gasteiger charge is 2.41. The van der Waals surface area contributed by atoms with Crippen LogP contribution >= 0.6 is 0 Å². The fourth-order valence-electron chi connectivity index (χ4n) is 3.12. The minimum absolute atomic E-state index is 0.0999. The standard InChI is InChI=1S/C17H20N4O/c18-12-17(9-3-4-10-17)16(22)19-11-5-8-15-20-13-6-1-2-7-14(13)21-15/h1-2,6-7H,3-5,8-11H2,(H,19,22)(H,20,21). The van der Waals surface area contributed by atoms with Gasteiger partial charge in [0.05, 0.1) is 17.1 Å². The number of imidazole rings is 1. The average molecular weight is 296 g/mol. The first-order valence-corrected chi connectivity index (χ1v) is 7.87. The number of carbonyl (C=O) groups excluding carboxylic acids is 1. The molecule has 1 aromatic heterocycles. The molecule has 0 aliphatic heterocycles. The van der Waals surface area contributed by atoms with Crippen LogP contribution in [0.5, 0.6) is 0 Å². The van der Waals surface area contributed by atoms with Crippen molar-refractivity contribution in [2.45, 2.75) is 38.5 Å². The summed E-state index contributed by atoms with van der Waals surface area (Å²) in [4.78, 5) is 20.0. The third-order valence-corrected chi connectivity index (χ3v) is 4.42. The van der Waals surface area contributed by atoms with Gasteiger partial charge in [-0.1, -0.05) is 25.0 Å². The summed E-state index contributed by atoms with van der Waals surface area (Å²) in [5.74, 6) is 0.836. The second kappa shape index (κ2) is 6.18. The van der Waals surface area contributed by atoms with E-state index >= 15 is 0 Å². The number of carbonyl (C=O) groups is 1. The molecule has 0 saturated heterocycles. The van der Waals surface area contributed by atoms with E-state index < -0.39 is 5.41 Å². The van der Waals surface area contributed by atoms with Crippen LogP contribution < -0.4 is 5.32 Å². The summed E-state index contributed by atoms with van der Waals surface area (Å²) in [6.45, 7) is 0.583. The molecule has 114 valence electrons. The van der Waals surface area contributed by atoms with Gasteiger partial charge in [-0.05, 0) is 31.4 Å². The largest absolute Gasteiger partial charge is 0.355 e. The molecule has 1 amide bonds. The lowest BCUT2D eigenvalue weighted by Gasteiger charge is -2.18. The number of H-pyrrole nitrogens is 1. The molecule has 5 nitrogen and oxygen atoms in total. The molecule has 1 aliphatic rings. The smallest absolute Gasteiger partial charge is 0.240 e. The topological polar surface area (TPSA) is 81.6 Å². The fraction of sp³-hybridized carbons (Fsp3) is 0.471. The van der Waals surface area contributed by atoms with E-state index in [1.807, 2.05) is 24.3 Å². The maximum Gasteiger partial charge on any atom is 0.240 e. The molecule has 1 aromatic carbocycles. The molecule has 2 N–H and O–H groups in total. The monoisotopic (exact) mass is 296 g/mol. The average Bonchev–Trinajstić information content (AvgIpc) is 3.18. The molecule has 3 rings (SSSR count). The maximum atomic E-state index is 12.2. The number of hydrogen-bond donors (Lipinski definition) is 2. The zero-order valence-corrected chi connectivity index (χ0v) is 12.6. The Balaban J connectivity index is 1.49. The molecule has 0 spiro atoms. The predicted molar refractivity (Wildman–Crippen MR) is 83.9 cm³/mol.